The molecule has 1 aliphatic rings. The van der Waals surface area contributed by atoms with Crippen molar-refractivity contribution in [2.24, 2.45) is 0 Å². The van der Waals surface area contributed by atoms with Gasteiger partial charge in [-0.15, -0.1) is 5.92 Å². The van der Waals surface area contributed by atoms with Crippen LogP contribution in [0, 0.1) is 11.8 Å². The fourth-order valence-electron chi connectivity index (χ4n) is 2.61. The van der Waals surface area contributed by atoms with Gasteiger partial charge in [0.25, 0.3) is 5.91 Å². The zero-order chi connectivity index (χ0) is 20.8. The minimum Gasteiger partial charge on any atom is -0.326 e. The molecule has 1 heterocycles. The Bertz CT molecular complexity index is 763. The van der Waals surface area contributed by atoms with Crippen molar-refractivity contribution >= 4 is 5.91 Å². The first-order valence-electron chi connectivity index (χ1n) is 9.38. The van der Waals surface area contributed by atoms with Gasteiger partial charge >= 0.3 is 0 Å². The number of carbonyl (C=O) groups excluding carboxylic acids is 1. The van der Waals surface area contributed by atoms with E-state index in [1.165, 1.54) is 0 Å². The molecule has 28 heavy (non-hydrogen) atoms. The molecule has 1 fully saturated rings. The molecule has 0 aromatic rings. The fourth-order valence-corrected chi connectivity index (χ4v) is 2.61. The number of nitrogens with zero attached hydrogens (tertiary/aromatic N) is 1. The Kier molecular flexibility index (Phi) is 11.0. The molecule has 0 saturated carbocycles. The first-order chi connectivity index (χ1) is 13.5. The molecule has 1 saturated heterocycles. The maximum Gasteiger partial charge on any atom is 0.255 e. The number of hydrogen-bond donors (Lipinski definition) is 2. The molecule has 1 amide bonds. The van der Waals surface area contributed by atoms with Crippen LogP contribution in [-0.2, 0) is 4.79 Å². The summed E-state index contributed by atoms with van der Waals surface area (Å²) in [5.74, 6) is 5.50. The minimum atomic E-state index is -0.221. The smallest absolute Gasteiger partial charge is 0.255 e. The quantitative estimate of drug-likeness (QED) is 0.368. The standard InChI is InChI=1S/C24H31N3O/c1-6-10-21(8-3)18-23(11-7-2)24(28)26-20(5)12-13-22(9-4)19-27-16-14-25-15-17-27/h7-9,11-13,18,25H,2-4,14-17,19H2,1,5H3,(H,26,28)/b20-12+,21-18+,22-13+,23-11+. The largest absolute Gasteiger partial charge is 0.326 e. The molecular weight excluding hydrogens is 346 g/mol. The van der Waals surface area contributed by atoms with E-state index in [1.54, 1.807) is 31.2 Å². The molecular formula is C24H31N3O. The second-order valence-electron chi connectivity index (χ2n) is 6.31. The number of hydrogen-bond acceptors (Lipinski definition) is 3. The van der Waals surface area contributed by atoms with Crippen LogP contribution in [0.1, 0.15) is 13.8 Å². The highest BCUT2D eigenvalue weighted by Gasteiger charge is 2.10. The highest BCUT2D eigenvalue weighted by molar-refractivity contribution is 5.97. The van der Waals surface area contributed by atoms with Gasteiger partial charge in [-0.1, -0.05) is 50.0 Å². The third kappa shape index (κ3) is 8.68. The highest BCUT2D eigenvalue weighted by Crippen LogP contribution is 2.07. The van der Waals surface area contributed by atoms with Crippen molar-refractivity contribution in [2.75, 3.05) is 32.7 Å². The summed E-state index contributed by atoms with van der Waals surface area (Å²) in [6.07, 6.45) is 12.3. The molecule has 0 atom stereocenters. The Balaban J connectivity index is 2.84. The lowest BCUT2D eigenvalue weighted by atomic mass is 10.1. The summed E-state index contributed by atoms with van der Waals surface area (Å²) in [6, 6.07) is 0. The number of amides is 1. The summed E-state index contributed by atoms with van der Waals surface area (Å²) in [5.41, 5.74) is 3.01. The summed E-state index contributed by atoms with van der Waals surface area (Å²) >= 11 is 0. The lowest BCUT2D eigenvalue weighted by Crippen LogP contribution is -2.44. The van der Waals surface area contributed by atoms with E-state index >= 15 is 0 Å². The van der Waals surface area contributed by atoms with E-state index in [0.717, 1.165) is 44.0 Å². The second-order valence-corrected chi connectivity index (χ2v) is 6.31. The van der Waals surface area contributed by atoms with Gasteiger partial charge in [0, 0.05) is 49.6 Å². The molecule has 0 unspecified atom stereocenters. The van der Waals surface area contributed by atoms with Crippen molar-refractivity contribution in [3.05, 3.63) is 84.7 Å². The van der Waals surface area contributed by atoms with Crippen molar-refractivity contribution in [2.45, 2.75) is 13.8 Å². The van der Waals surface area contributed by atoms with E-state index in [0.29, 0.717) is 11.1 Å². The maximum absolute atomic E-state index is 12.6. The maximum atomic E-state index is 12.6. The highest BCUT2D eigenvalue weighted by atomic mass is 16.1. The summed E-state index contributed by atoms with van der Waals surface area (Å²) < 4.78 is 0. The van der Waals surface area contributed by atoms with E-state index in [2.05, 4.69) is 47.1 Å². The molecule has 4 nitrogen and oxygen atoms in total. The summed E-state index contributed by atoms with van der Waals surface area (Å²) in [4.78, 5) is 15.0. The van der Waals surface area contributed by atoms with Crippen LogP contribution in [0.15, 0.2) is 84.7 Å². The average molecular weight is 378 g/mol. The Morgan fingerprint density at radius 1 is 1.14 bits per heavy atom. The van der Waals surface area contributed by atoms with Gasteiger partial charge in [0.05, 0.1) is 0 Å². The normalized spacial score (nSPS) is 16.6. The lowest BCUT2D eigenvalue weighted by Gasteiger charge is -2.27. The second kappa shape index (κ2) is 13.3. The molecule has 1 rings (SSSR count). The summed E-state index contributed by atoms with van der Waals surface area (Å²) in [5, 5.41) is 6.24. The zero-order valence-electron chi connectivity index (χ0n) is 17.1. The van der Waals surface area contributed by atoms with E-state index in [1.807, 2.05) is 25.2 Å². The van der Waals surface area contributed by atoms with Gasteiger partial charge in [0.15, 0.2) is 0 Å². The molecule has 2 N–H and O–H groups in total. The molecule has 1 aliphatic heterocycles. The first kappa shape index (κ1) is 23.2. The van der Waals surface area contributed by atoms with Gasteiger partial charge < -0.3 is 10.6 Å². The third-order valence-corrected chi connectivity index (χ3v) is 4.10. The van der Waals surface area contributed by atoms with E-state index < -0.39 is 0 Å². The summed E-state index contributed by atoms with van der Waals surface area (Å²) in [6.45, 7) is 19.8. The van der Waals surface area contributed by atoms with Gasteiger partial charge in [-0.05, 0) is 37.6 Å². The molecule has 0 aromatic carbocycles. The molecule has 0 radical (unpaired) electrons. The Morgan fingerprint density at radius 2 is 1.86 bits per heavy atom. The molecule has 4 heteroatoms. The van der Waals surface area contributed by atoms with Gasteiger partial charge in [0.1, 0.15) is 0 Å². The van der Waals surface area contributed by atoms with Crippen molar-refractivity contribution in [1.29, 1.82) is 0 Å². The zero-order valence-corrected chi connectivity index (χ0v) is 17.1. The van der Waals surface area contributed by atoms with Crippen LogP contribution >= 0.6 is 0 Å². The summed E-state index contributed by atoms with van der Waals surface area (Å²) in [7, 11) is 0. The average Bonchev–Trinajstić information content (AvgIpc) is 2.70. The van der Waals surface area contributed by atoms with Crippen LogP contribution in [0.3, 0.4) is 0 Å². The van der Waals surface area contributed by atoms with Crippen molar-refractivity contribution in [3.63, 3.8) is 0 Å². The van der Waals surface area contributed by atoms with Crippen LogP contribution in [-0.4, -0.2) is 43.5 Å². The topological polar surface area (TPSA) is 44.4 Å². The minimum absolute atomic E-state index is 0.221. The molecule has 0 bridgehead atoms. The van der Waals surface area contributed by atoms with E-state index in [9.17, 15) is 4.79 Å². The Hall–Kier alpha value is -2.87. The van der Waals surface area contributed by atoms with Crippen LogP contribution in [0.5, 0.6) is 0 Å². The van der Waals surface area contributed by atoms with Crippen molar-refractivity contribution in [3.8, 4) is 11.8 Å². The predicted octanol–water partition coefficient (Wildman–Crippen LogP) is 3.27. The van der Waals surface area contributed by atoms with Crippen LogP contribution in [0.25, 0.3) is 0 Å². The van der Waals surface area contributed by atoms with E-state index in [-0.39, 0.29) is 5.91 Å². The fraction of sp³-hybridized carbons (Fsp3) is 0.292. The lowest BCUT2D eigenvalue weighted by molar-refractivity contribution is -0.116. The van der Waals surface area contributed by atoms with Crippen LogP contribution in [0.2, 0.25) is 0 Å². The molecule has 0 aliphatic carbocycles. The SMILES string of the molecule is C=C/C=C(\C=C(\C#CC)C=C)C(=O)N/C(C)=C/C=C(\C=C)CN1CCNCC1. The van der Waals surface area contributed by atoms with Crippen LogP contribution < -0.4 is 10.6 Å². The Labute approximate surface area is 169 Å². The monoisotopic (exact) mass is 377 g/mol. The van der Waals surface area contributed by atoms with Gasteiger partial charge in [-0.2, -0.15) is 0 Å². The van der Waals surface area contributed by atoms with Gasteiger partial charge in [-0.25, -0.2) is 0 Å². The number of rotatable bonds is 9. The van der Waals surface area contributed by atoms with Gasteiger partial charge in [0.2, 0.25) is 0 Å². The van der Waals surface area contributed by atoms with E-state index in [4.69, 9.17) is 0 Å². The van der Waals surface area contributed by atoms with Crippen molar-refractivity contribution < 1.29 is 4.79 Å². The predicted molar refractivity (Wildman–Crippen MR) is 119 cm³/mol. The third-order valence-electron chi connectivity index (χ3n) is 4.10. The van der Waals surface area contributed by atoms with Gasteiger partial charge in [-0.3, -0.25) is 9.69 Å². The molecule has 0 aromatic heterocycles. The number of piperazine rings is 1. The molecule has 0 spiro atoms. The van der Waals surface area contributed by atoms with Crippen molar-refractivity contribution in [1.82, 2.24) is 15.5 Å². The number of allylic oxidation sites excluding steroid dienone is 7. The molecule has 148 valence electrons. The number of carbonyl (C=O) groups is 1. The number of nitrogens with one attached hydrogen (secondary N) is 2. The van der Waals surface area contributed by atoms with Crippen LogP contribution in [0.4, 0.5) is 0 Å². The Morgan fingerprint density at radius 3 is 2.43 bits per heavy atom. The first-order valence-corrected chi connectivity index (χ1v) is 9.38.